The SMILES string of the molecule is c1ccc(-c2nc(-c3ccc(-c4cccc5c4-c4ccccc4S5(c4ccccc4)c4ccccc4)cc3)nc(-c3ccccn3)n2)cc1. The number of nitrogens with zero attached hydrogens (tertiary/aromatic N) is 4. The van der Waals surface area contributed by atoms with Crippen LogP contribution < -0.4 is 0 Å². The van der Waals surface area contributed by atoms with Crippen LogP contribution in [0.2, 0.25) is 0 Å². The molecule has 3 heterocycles. The highest BCUT2D eigenvalue weighted by atomic mass is 32.3. The van der Waals surface area contributed by atoms with Gasteiger partial charge in [-0.15, -0.1) is 10.0 Å². The van der Waals surface area contributed by atoms with E-state index in [0.717, 1.165) is 16.7 Å². The average molecular weight is 647 g/mol. The second-order valence-corrected chi connectivity index (χ2v) is 14.9. The highest BCUT2D eigenvalue weighted by Gasteiger charge is 2.42. The van der Waals surface area contributed by atoms with E-state index in [-0.39, 0.29) is 0 Å². The van der Waals surface area contributed by atoms with E-state index in [1.165, 1.54) is 36.3 Å². The first kappa shape index (κ1) is 29.0. The van der Waals surface area contributed by atoms with Gasteiger partial charge in [-0.3, -0.25) is 4.98 Å². The van der Waals surface area contributed by atoms with Crippen LogP contribution in [0, 0.1) is 0 Å². The molecule has 8 aromatic rings. The summed E-state index contributed by atoms with van der Waals surface area (Å²) in [6.45, 7) is 0. The van der Waals surface area contributed by atoms with Crippen LogP contribution in [0.25, 0.3) is 56.5 Å². The van der Waals surface area contributed by atoms with Crippen LogP contribution in [0.15, 0.2) is 202 Å². The predicted molar refractivity (Wildman–Crippen MR) is 198 cm³/mol. The monoisotopic (exact) mass is 646 g/mol. The van der Waals surface area contributed by atoms with Crippen molar-refractivity contribution >= 4 is 10.0 Å². The maximum Gasteiger partial charge on any atom is 0.182 e. The first-order valence-electron chi connectivity index (χ1n) is 16.3. The van der Waals surface area contributed by atoms with Gasteiger partial charge in [0.15, 0.2) is 17.5 Å². The van der Waals surface area contributed by atoms with Gasteiger partial charge in [-0.2, -0.15) is 0 Å². The van der Waals surface area contributed by atoms with Crippen molar-refractivity contribution in [2.24, 2.45) is 0 Å². The molecule has 6 aromatic carbocycles. The minimum Gasteiger partial charge on any atom is -0.253 e. The standard InChI is InChI=1S/C44H30N4S/c1-4-15-32(16-5-1)42-46-43(48-44(47-42)38-23-12-13-30-45-38)33-28-26-31(27-29-33)36-22-14-25-40-41(36)37-21-10-11-24-39(37)49(40,34-17-6-2-7-18-34)35-19-8-3-9-20-35/h1-30H. The quantitative estimate of drug-likeness (QED) is 0.180. The molecule has 0 bridgehead atoms. The Morgan fingerprint density at radius 2 is 0.857 bits per heavy atom. The van der Waals surface area contributed by atoms with Crippen molar-refractivity contribution in [1.82, 2.24) is 19.9 Å². The Balaban J connectivity index is 1.20. The van der Waals surface area contributed by atoms with Crippen molar-refractivity contribution in [2.75, 3.05) is 0 Å². The molecule has 1 aliphatic rings. The van der Waals surface area contributed by atoms with E-state index >= 15 is 0 Å². The zero-order valence-electron chi connectivity index (χ0n) is 26.5. The fourth-order valence-corrected chi connectivity index (χ4v) is 11.1. The van der Waals surface area contributed by atoms with E-state index in [4.69, 9.17) is 15.0 Å². The van der Waals surface area contributed by atoms with Crippen molar-refractivity contribution in [3.8, 4) is 56.5 Å². The van der Waals surface area contributed by atoms with Crippen LogP contribution in [-0.4, -0.2) is 19.9 Å². The Morgan fingerprint density at radius 3 is 1.51 bits per heavy atom. The Labute approximate surface area is 287 Å². The summed E-state index contributed by atoms with van der Waals surface area (Å²) in [7, 11) is -1.71. The van der Waals surface area contributed by atoms with Gasteiger partial charge in [-0.1, -0.05) is 127 Å². The highest BCUT2D eigenvalue weighted by molar-refractivity contribution is 8.34. The molecule has 1 aliphatic heterocycles. The Kier molecular flexibility index (Phi) is 7.18. The van der Waals surface area contributed by atoms with Crippen LogP contribution in [0.1, 0.15) is 0 Å². The number of hydrogen-bond acceptors (Lipinski definition) is 4. The molecule has 0 unspecified atom stereocenters. The molecule has 0 radical (unpaired) electrons. The molecular formula is C44H30N4S. The second-order valence-electron chi connectivity index (χ2n) is 11.9. The van der Waals surface area contributed by atoms with E-state index in [0.29, 0.717) is 23.2 Å². The molecule has 232 valence electrons. The summed E-state index contributed by atoms with van der Waals surface area (Å²) in [5, 5.41) is 0. The van der Waals surface area contributed by atoms with E-state index < -0.39 is 10.0 Å². The van der Waals surface area contributed by atoms with Crippen LogP contribution in [0.4, 0.5) is 0 Å². The molecular weight excluding hydrogens is 617 g/mol. The molecule has 0 aliphatic carbocycles. The molecule has 9 rings (SSSR count). The molecule has 0 fully saturated rings. The summed E-state index contributed by atoms with van der Waals surface area (Å²) in [6, 6.07) is 62.3. The second kappa shape index (κ2) is 12.1. The summed E-state index contributed by atoms with van der Waals surface area (Å²) in [5.41, 5.74) is 7.52. The van der Waals surface area contributed by atoms with Crippen molar-refractivity contribution in [2.45, 2.75) is 19.6 Å². The Bertz CT molecular complexity index is 2320. The van der Waals surface area contributed by atoms with Crippen molar-refractivity contribution in [3.05, 3.63) is 182 Å². The third-order valence-electron chi connectivity index (χ3n) is 9.05. The van der Waals surface area contributed by atoms with Gasteiger partial charge in [0.2, 0.25) is 0 Å². The molecule has 2 aromatic heterocycles. The van der Waals surface area contributed by atoms with Gasteiger partial charge in [0.05, 0.1) is 0 Å². The maximum atomic E-state index is 4.93. The fourth-order valence-electron chi connectivity index (χ4n) is 6.89. The molecule has 0 atom stereocenters. The number of aromatic nitrogens is 4. The largest absolute Gasteiger partial charge is 0.253 e. The zero-order valence-corrected chi connectivity index (χ0v) is 27.3. The summed E-state index contributed by atoms with van der Waals surface area (Å²) < 4.78 is 0. The smallest absolute Gasteiger partial charge is 0.182 e. The summed E-state index contributed by atoms with van der Waals surface area (Å²) in [5.74, 6) is 1.78. The Hall–Kier alpha value is -6.17. The molecule has 49 heavy (non-hydrogen) atoms. The summed E-state index contributed by atoms with van der Waals surface area (Å²) in [6.07, 6.45) is 1.76. The summed E-state index contributed by atoms with van der Waals surface area (Å²) in [4.78, 5) is 24.6. The number of rotatable bonds is 6. The predicted octanol–water partition coefficient (Wildman–Crippen LogP) is 11.3. The zero-order chi connectivity index (χ0) is 32.6. The van der Waals surface area contributed by atoms with Crippen LogP contribution in [0.3, 0.4) is 0 Å². The number of fused-ring (bicyclic) bond motifs is 3. The molecule has 0 saturated carbocycles. The Morgan fingerprint density at radius 1 is 0.347 bits per heavy atom. The molecule has 0 saturated heterocycles. The number of benzene rings is 6. The average Bonchev–Trinajstić information content (AvgIpc) is 3.50. The van der Waals surface area contributed by atoms with E-state index in [2.05, 4.69) is 132 Å². The highest BCUT2D eigenvalue weighted by Crippen LogP contribution is 2.80. The van der Waals surface area contributed by atoms with Gasteiger partial charge in [-0.05, 0) is 65.2 Å². The van der Waals surface area contributed by atoms with Gasteiger partial charge in [0, 0.05) is 42.5 Å². The maximum absolute atomic E-state index is 4.93. The van der Waals surface area contributed by atoms with Crippen LogP contribution in [-0.2, 0) is 0 Å². The van der Waals surface area contributed by atoms with Crippen LogP contribution >= 0.6 is 10.0 Å². The molecule has 0 spiro atoms. The molecule has 4 nitrogen and oxygen atoms in total. The molecule has 5 heteroatoms. The van der Waals surface area contributed by atoms with E-state index in [1.807, 2.05) is 48.5 Å². The molecule has 0 amide bonds. The minimum atomic E-state index is -1.71. The lowest BCUT2D eigenvalue weighted by Crippen LogP contribution is -2.01. The van der Waals surface area contributed by atoms with Gasteiger partial charge >= 0.3 is 0 Å². The first-order valence-corrected chi connectivity index (χ1v) is 17.9. The lowest BCUT2D eigenvalue weighted by atomic mass is 9.94. The van der Waals surface area contributed by atoms with Gasteiger partial charge < -0.3 is 0 Å². The fraction of sp³-hybridized carbons (Fsp3) is 0. The first-order chi connectivity index (χ1) is 24.3. The summed E-state index contributed by atoms with van der Waals surface area (Å²) >= 11 is 0. The van der Waals surface area contributed by atoms with E-state index in [9.17, 15) is 0 Å². The third-order valence-corrected chi connectivity index (χ3v) is 13.0. The normalized spacial score (nSPS) is 13.3. The van der Waals surface area contributed by atoms with Gasteiger partial charge in [0.25, 0.3) is 0 Å². The van der Waals surface area contributed by atoms with Crippen molar-refractivity contribution in [1.29, 1.82) is 0 Å². The lowest BCUT2D eigenvalue weighted by molar-refractivity contribution is 1.06. The lowest BCUT2D eigenvalue weighted by Gasteiger charge is -2.39. The van der Waals surface area contributed by atoms with Gasteiger partial charge in [0.1, 0.15) is 5.69 Å². The number of hydrogen-bond donors (Lipinski definition) is 0. The van der Waals surface area contributed by atoms with Crippen molar-refractivity contribution < 1.29 is 0 Å². The minimum absolute atomic E-state index is 0.548. The van der Waals surface area contributed by atoms with Crippen LogP contribution in [0.5, 0.6) is 0 Å². The van der Waals surface area contributed by atoms with Gasteiger partial charge in [-0.25, -0.2) is 15.0 Å². The molecule has 0 N–H and O–H groups in total. The topological polar surface area (TPSA) is 51.6 Å². The third kappa shape index (κ3) is 4.86. The number of pyridine rings is 1. The van der Waals surface area contributed by atoms with E-state index in [1.54, 1.807) is 6.20 Å². The van der Waals surface area contributed by atoms with Crippen molar-refractivity contribution in [3.63, 3.8) is 0 Å².